The van der Waals surface area contributed by atoms with Crippen LogP contribution in [0.25, 0.3) is 0 Å². The topological polar surface area (TPSA) is 71.1 Å². The molecule has 1 atom stereocenters. The number of carbonyl (C=O) groups is 2. The maximum absolute atomic E-state index is 13.3. The van der Waals surface area contributed by atoms with Crippen LogP contribution in [0.5, 0.6) is 0 Å². The van der Waals surface area contributed by atoms with Crippen molar-refractivity contribution in [1.82, 2.24) is 10.3 Å². The van der Waals surface area contributed by atoms with Gasteiger partial charge in [-0.25, -0.2) is 4.98 Å². The average Bonchev–Trinajstić information content (AvgIpc) is 3.13. The van der Waals surface area contributed by atoms with E-state index in [1.54, 1.807) is 17.5 Å². The van der Waals surface area contributed by atoms with E-state index in [1.807, 2.05) is 42.8 Å². The number of dihydropyridines is 1. The molecule has 4 rings (SSSR count). The quantitative estimate of drug-likeness (QED) is 0.774. The highest BCUT2D eigenvalue weighted by Crippen LogP contribution is 2.47. The highest BCUT2D eigenvalue weighted by molar-refractivity contribution is 7.08. The zero-order chi connectivity index (χ0) is 20.8. The van der Waals surface area contributed by atoms with Crippen LogP contribution >= 0.6 is 11.3 Å². The number of allylic oxidation sites excluding steroid dienone is 3. The average molecular weight is 408 g/mol. The minimum absolute atomic E-state index is 0.0896. The molecule has 2 N–H and O–H groups in total. The number of hydrogen-bond donors (Lipinski definition) is 2. The van der Waals surface area contributed by atoms with Crippen LogP contribution in [-0.4, -0.2) is 16.7 Å². The van der Waals surface area contributed by atoms with Crippen LogP contribution in [0.15, 0.2) is 57.7 Å². The van der Waals surface area contributed by atoms with E-state index in [-0.39, 0.29) is 23.0 Å². The van der Waals surface area contributed by atoms with Gasteiger partial charge in [-0.15, -0.1) is 0 Å². The number of pyridine rings is 1. The minimum atomic E-state index is -0.356. The molecule has 2 aliphatic rings. The van der Waals surface area contributed by atoms with Gasteiger partial charge in [-0.05, 0) is 65.8 Å². The second-order valence-electron chi connectivity index (χ2n) is 8.66. The summed E-state index contributed by atoms with van der Waals surface area (Å²) in [7, 11) is 0. The first-order chi connectivity index (χ1) is 13.7. The molecule has 1 amide bonds. The van der Waals surface area contributed by atoms with Gasteiger partial charge < -0.3 is 10.6 Å². The van der Waals surface area contributed by atoms with Crippen LogP contribution < -0.4 is 10.6 Å². The summed E-state index contributed by atoms with van der Waals surface area (Å²) in [5.41, 5.74) is 4.97. The Hall–Kier alpha value is -2.73. The molecule has 1 aliphatic heterocycles. The van der Waals surface area contributed by atoms with Crippen LogP contribution in [0, 0.1) is 12.3 Å². The third-order valence-electron chi connectivity index (χ3n) is 5.52. The van der Waals surface area contributed by atoms with Gasteiger partial charge in [-0.2, -0.15) is 11.3 Å². The molecule has 0 bridgehead atoms. The predicted octanol–water partition coefficient (Wildman–Crippen LogP) is 4.69. The second kappa shape index (κ2) is 7.26. The number of amides is 1. The molecule has 0 saturated heterocycles. The summed E-state index contributed by atoms with van der Waals surface area (Å²) in [6.45, 7) is 8.09. The van der Waals surface area contributed by atoms with Gasteiger partial charge >= 0.3 is 0 Å². The van der Waals surface area contributed by atoms with Gasteiger partial charge in [-0.1, -0.05) is 13.8 Å². The number of ketones is 1. The van der Waals surface area contributed by atoms with Gasteiger partial charge in [0.2, 0.25) is 0 Å². The number of aromatic nitrogens is 1. The Morgan fingerprint density at radius 1 is 1.28 bits per heavy atom. The van der Waals surface area contributed by atoms with Gasteiger partial charge in [0, 0.05) is 41.1 Å². The first-order valence-electron chi connectivity index (χ1n) is 9.75. The Morgan fingerprint density at radius 3 is 2.76 bits per heavy atom. The van der Waals surface area contributed by atoms with Crippen molar-refractivity contribution in [2.45, 2.75) is 46.5 Å². The maximum Gasteiger partial charge on any atom is 0.255 e. The highest BCUT2D eigenvalue weighted by atomic mass is 32.1. The number of Topliss-reactive ketones (excluding diaryl/α,β-unsaturated/α-hetero) is 1. The number of anilines is 1. The fourth-order valence-corrected chi connectivity index (χ4v) is 4.98. The lowest BCUT2D eigenvalue weighted by Gasteiger charge is -2.39. The van der Waals surface area contributed by atoms with Crippen molar-refractivity contribution in [2.24, 2.45) is 5.41 Å². The molecule has 0 fully saturated rings. The SMILES string of the molecule is CC1=C(C(=O)Nc2cc(C)ccn2)C(c2ccsc2)C2=C(CC(C)(C)CC2=O)N1. The minimum Gasteiger partial charge on any atom is -0.362 e. The summed E-state index contributed by atoms with van der Waals surface area (Å²) in [4.78, 5) is 30.7. The van der Waals surface area contributed by atoms with E-state index >= 15 is 0 Å². The highest BCUT2D eigenvalue weighted by Gasteiger charge is 2.42. The molecule has 2 aromatic rings. The van der Waals surface area contributed by atoms with Gasteiger partial charge in [-0.3, -0.25) is 9.59 Å². The predicted molar refractivity (Wildman–Crippen MR) is 116 cm³/mol. The van der Waals surface area contributed by atoms with Crippen LogP contribution in [-0.2, 0) is 9.59 Å². The molecule has 5 nitrogen and oxygen atoms in total. The summed E-state index contributed by atoms with van der Waals surface area (Å²) >= 11 is 1.57. The largest absolute Gasteiger partial charge is 0.362 e. The maximum atomic E-state index is 13.3. The van der Waals surface area contributed by atoms with Crippen LogP contribution in [0.1, 0.15) is 50.7 Å². The molecular weight excluding hydrogens is 382 g/mol. The first kappa shape index (κ1) is 19.6. The van der Waals surface area contributed by atoms with Crippen LogP contribution in [0.3, 0.4) is 0 Å². The molecule has 0 radical (unpaired) electrons. The lowest BCUT2D eigenvalue weighted by Crippen LogP contribution is -2.39. The zero-order valence-corrected chi connectivity index (χ0v) is 17.9. The van der Waals surface area contributed by atoms with Crippen molar-refractivity contribution in [3.05, 3.63) is 68.8 Å². The number of nitrogens with zero attached hydrogens (tertiary/aromatic N) is 1. The van der Waals surface area contributed by atoms with Gasteiger partial charge in [0.15, 0.2) is 5.78 Å². The zero-order valence-electron chi connectivity index (χ0n) is 17.1. The second-order valence-corrected chi connectivity index (χ2v) is 9.44. The van der Waals surface area contributed by atoms with E-state index in [2.05, 4.69) is 29.5 Å². The monoisotopic (exact) mass is 407 g/mol. The number of rotatable bonds is 3. The van der Waals surface area contributed by atoms with E-state index in [1.165, 1.54) is 0 Å². The number of hydrogen-bond acceptors (Lipinski definition) is 5. The number of carbonyl (C=O) groups excluding carboxylic acids is 2. The molecule has 2 aromatic heterocycles. The summed E-state index contributed by atoms with van der Waals surface area (Å²) in [5.74, 6) is 0.0427. The third kappa shape index (κ3) is 3.77. The van der Waals surface area contributed by atoms with E-state index in [0.29, 0.717) is 17.8 Å². The Morgan fingerprint density at radius 2 is 2.07 bits per heavy atom. The summed E-state index contributed by atoms with van der Waals surface area (Å²) in [5, 5.41) is 10.3. The Labute approximate surface area is 174 Å². The Bertz CT molecular complexity index is 1050. The van der Waals surface area contributed by atoms with Crippen molar-refractivity contribution in [1.29, 1.82) is 0 Å². The van der Waals surface area contributed by atoms with Crippen molar-refractivity contribution >= 4 is 28.8 Å². The molecule has 1 unspecified atom stereocenters. The standard InChI is InChI=1S/C23H25N3O2S/c1-13-5-7-24-18(9-13)26-22(28)19-14(2)25-16-10-23(3,4)11-17(27)21(16)20(19)15-6-8-29-12-15/h5-9,12,20,25H,10-11H2,1-4H3,(H,24,26,28). The van der Waals surface area contributed by atoms with Crippen LogP contribution in [0.2, 0.25) is 0 Å². The van der Waals surface area contributed by atoms with Crippen molar-refractivity contribution in [3.63, 3.8) is 0 Å². The van der Waals surface area contributed by atoms with Crippen molar-refractivity contribution in [3.8, 4) is 0 Å². The lowest BCUT2D eigenvalue weighted by molar-refractivity contribution is -0.118. The molecule has 0 aromatic carbocycles. The summed E-state index contributed by atoms with van der Waals surface area (Å²) < 4.78 is 0. The fraction of sp³-hybridized carbons (Fsp3) is 0.348. The summed E-state index contributed by atoms with van der Waals surface area (Å²) in [6.07, 6.45) is 2.96. The molecule has 0 spiro atoms. The fourth-order valence-electron chi connectivity index (χ4n) is 4.30. The molecule has 150 valence electrons. The Kier molecular flexibility index (Phi) is 4.90. The first-order valence-corrected chi connectivity index (χ1v) is 10.7. The molecule has 1 aliphatic carbocycles. The lowest BCUT2D eigenvalue weighted by atomic mass is 9.69. The number of nitrogens with one attached hydrogen (secondary N) is 2. The van der Waals surface area contributed by atoms with E-state index in [0.717, 1.165) is 34.5 Å². The number of thiophene rings is 1. The Balaban J connectivity index is 1.77. The van der Waals surface area contributed by atoms with Crippen LogP contribution in [0.4, 0.5) is 5.82 Å². The van der Waals surface area contributed by atoms with E-state index in [9.17, 15) is 9.59 Å². The van der Waals surface area contributed by atoms with Crippen molar-refractivity contribution < 1.29 is 9.59 Å². The van der Waals surface area contributed by atoms with Gasteiger partial charge in [0.1, 0.15) is 5.82 Å². The van der Waals surface area contributed by atoms with E-state index in [4.69, 9.17) is 0 Å². The summed E-state index contributed by atoms with van der Waals surface area (Å²) in [6, 6.07) is 5.72. The molecule has 3 heterocycles. The van der Waals surface area contributed by atoms with Gasteiger partial charge in [0.25, 0.3) is 5.91 Å². The van der Waals surface area contributed by atoms with E-state index < -0.39 is 0 Å². The van der Waals surface area contributed by atoms with Gasteiger partial charge in [0.05, 0.1) is 0 Å². The molecule has 6 heteroatoms. The third-order valence-corrected chi connectivity index (χ3v) is 6.22. The van der Waals surface area contributed by atoms with Crippen molar-refractivity contribution in [2.75, 3.05) is 5.32 Å². The normalized spacial score (nSPS) is 21.0. The number of aryl methyl sites for hydroxylation is 1. The smallest absolute Gasteiger partial charge is 0.255 e. The molecule has 0 saturated carbocycles. The molecular formula is C23H25N3O2S. The molecule has 29 heavy (non-hydrogen) atoms.